The van der Waals surface area contributed by atoms with E-state index in [1.54, 1.807) is 0 Å². The van der Waals surface area contributed by atoms with Gasteiger partial charge in [-0.05, 0) is 52.2 Å². The molecule has 0 amide bonds. The fourth-order valence-electron chi connectivity index (χ4n) is 2.87. The number of rotatable bonds is 3. The van der Waals surface area contributed by atoms with E-state index in [1.165, 1.54) is 18.2 Å². The zero-order chi connectivity index (χ0) is 14.7. The molecule has 1 fully saturated rings. The molecule has 2 unspecified atom stereocenters. The lowest BCUT2D eigenvalue weighted by atomic mass is 9.98. The molecule has 112 valence electrons. The van der Waals surface area contributed by atoms with E-state index in [-0.39, 0.29) is 24.1 Å². The maximum absolute atomic E-state index is 13.7. The van der Waals surface area contributed by atoms with Gasteiger partial charge in [-0.3, -0.25) is 0 Å². The molecular weight excluding hydrogens is 260 g/mol. The van der Waals surface area contributed by atoms with E-state index >= 15 is 0 Å². The third kappa shape index (κ3) is 3.53. The zero-order valence-electron chi connectivity index (χ0n) is 12.1. The van der Waals surface area contributed by atoms with Crippen LogP contribution in [0.5, 0.6) is 0 Å². The Bertz CT molecular complexity index is 432. The van der Waals surface area contributed by atoms with E-state index in [2.05, 4.69) is 16.8 Å². The Morgan fingerprint density at radius 1 is 1.25 bits per heavy atom. The van der Waals surface area contributed by atoms with Gasteiger partial charge in [0.25, 0.3) is 0 Å². The van der Waals surface area contributed by atoms with Crippen LogP contribution in [-0.4, -0.2) is 55.6 Å². The Kier molecular flexibility index (Phi) is 5.07. The highest BCUT2D eigenvalue weighted by Gasteiger charge is 2.27. The minimum atomic E-state index is -0.509. The van der Waals surface area contributed by atoms with Crippen LogP contribution < -0.4 is 5.73 Å². The lowest BCUT2D eigenvalue weighted by molar-refractivity contribution is 0.194. The molecule has 0 aliphatic carbocycles. The normalized spacial score (nSPS) is 23.6. The molecule has 2 atom stereocenters. The van der Waals surface area contributed by atoms with Crippen LogP contribution in [-0.2, 0) is 6.42 Å². The van der Waals surface area contributed by atoms with Crippen LogP contribution in [0.3, 0.4) is 0 Å². The van der Waals surface area contributed by atoms with E-state index in [1.807, 2.05) is 7.05 Å². The first-order chi connectivity index (χ1) is 9.49. The minimum Gasteiger partial charge on any atom is -0.326 e. The van der Waals surface area contributed by atoms with Crippen LogP contribution in [0.15, 0.2) is 18.2 Å². The van der Waals surface area contributed by atoms with E-state index < -0.39 is 11.6 Å². The van der Waals surface area contributed by atoms with E-state index in [0.29, 0.717) is 0 Å². The number of hydrogen-bond acceptors (Lipinski definition) is 3. The van der Waals surface area contributed by atoms with Crippen molar-refractivity contribution in [2.75, 3.05) is 33.7 Å². The highest BCUT2D eigenvalue weighted by atomic mass is 19.1. The van der Waals surface area contributed by atoms with Crippen molar-refractivity contribution < 1.29 is 8.78 Å². The fraction of sp³-hybridized carbons (Fsp3) is 0.600. The van der Waals surface area contributed by atoms with Crippen molar-refractivity contribution in [1.82, 2.24) is 9.80 Å². The quantitative estimate of drug-likeness (QED) is 0.912. The predicted molar refractivity (Wildman–Crippen MR) is 76.6 cm³/mol. The maximum Gasteiger partial charge on any atom is 0.129 e. The first kappa shape index (κ1) is 15.4. The van der Waals surface area contributed by atoms with Crippen LogP contribution in [0.4, 0.5) is 8.78 Å². The van der Waals surface area contributed by atoms with Gasteiger partial charge in [-0.25, -0.2) is 8.78 Å². The van der Waals surface area contributed by atoms with Gasteiger partial charge in [-0.1, -0.05) is 6.07 Å². The van der Waals surface area contributed by atoms with Gasteiger partial charge in [0.1, 0.15) is 11.6 Å². The van der Waals surface area contributed by atoms with Crippen LogP contribution in [0.2, 0.25) is 0 Å². The molecule has 0 aromatic heterocycles. The summed E-state index contributed by atoms with van der Waals surface area (Å²) in [7, 11) is 4.09. The standard InChI is InChI=1S/C15H23F2N3/c1-19-7-4-8-20(2)15(10-19)14(18)9-11-12(16)5-3-6-13(11)17/h3,5-6,14-15H,4,7-10,18H2,1-2H3. The topological polar surface area (TPSA) is 32.5 Å². The summed E-state index contributed by atoms with van der Waals surface area (Å²) in [5, 5.41) is 0. The fourth-order valence-corrected chi connectivity index (χ4v) is 2.87. The molecule has 1 aliphatic heterocycles. The first-order valence-electron chi connectivity index (χ1n) is 7.06. The van der Waals surface area contributed by atoms with Crippen molar-refractivity contribution in [3.8, 4) is 0 Å². The largest absolute Gasteiger partial charge is 0.326 e. The number of hydrogen-bond donors (Lipinski definition) is 1. The molecule has 2 rings (SSSR count). The number of benzene rings is 1. The molecular formula is C15H23F2N3. The van der Waals surface area contributed by atoms with Gasteiger partial charge < -0.3 is 15.5 Å². The molecule has 3 nitrogen and oxygen atoms in total. The van der Waals surface area contributed by atoms with Crippen molar-refractivity contribution in [2.24, 2.45) is 5.73 Å². The highest BCUT2D eigenvalue weighted by Crippen LogP contribution is 2.17. The molecule has 1 heterocycles. The molecule has 1 aromatic rings. The Morgan fingerprint density at radius 2 is 1.90 bits per heavy atom. The highest BCUT2D eigenvalue weighted by molar-refractivity contribution is 5.21. The average Bonchev–Trinajstić information content (AvgIpc) is 2.56. The van der Waals surface area contributed by atoms with Crippen molar-refractivity contribution in [2.45, 2.75) is 24.9 Å². The van der Waals surface area contributed by atoms with Gasteiger partial charge in [-0.2, -0.15) is 0 Å². The summed E-state index contributed by atoms with van der Waals surface area (Å²) in [6.45, 7) is 2.82. The Labute approximate surface area is 119 Å². The molecule has 1 aromatic carbocycles. The third-order valence-electron chi connectivity index (χ3n) is 4.11. The second-order valence-electron chi connectivity index (χ2n) is 5.73. The number of likely N-dealkylation sites (N-methyl/N-ethyl adjacent to an activating group) is 2. The van der Waals surface area contributed by atoms with E-state index in [9.17, 15) is 8.78 Å². The summed E-state index contributed by atoms with van der Waals surface area (Å²) in [6, 6.07) is 3.78. The zero-order valence-corrected chi connectivity index (χ0v) is 12.1. The average molecular weight is 283 g/mol. The van der Waals surface area contributed by atoms with Gasteiger partial charge in [0.2, 0.25) is 0 Å². The molecule has 0 bridgehead atoms. The Hall–Kier alpha value is -1.04. The number of nitrogens with zero attached hydrogens (tertiary/aromatic N) is 2. The monoisotopic (exact) mass is 283 g/mol. The second kappa shape index (κ2) is 6.61. The summed E-state index contributed by atoms with van der Waals surface area (Å²) < 4.78 is 27.4. The van der Waals surface area contributed by atoms with Crippen molar-refractivity contribution in [3.05, 3.63) is 35.4 Å². The SMILES string of the molecule is CN1CCCN(C)C(C(N)Cc2c(F)cccc2F)C1. The minimum absolute atomic E-state index is 0.0975. The van der Waals surface area contributed by atoms with E-state index in [0.717, 1.165) is 26.1 Å². The maximum atomic E-state index is 13.7. The second-order valence-corrected chi connectivity index (χ2v) is 5.73. The molecule has 0 spiro atoms. The molecule has 1 saturated heterocycles. The number of nitrogens with two attached hydrogens (primary N) is 1. The number of halogens is 2. The molecule has 0 saturated carbocycles. The van der Waals surface area contributed by atoms with Crippen molar-refractivity contribution in [3.63, 3.8) is 0 Å². The summed E-state index contributed by atoms with van der Waals surface area (Å²) in [4.78, 5) is 4.43. The lowest BCUT2D eigenvalue weighted by Crippen LogP contribution is -2.51. The third-order valence-corrected chi connectivity index (χ3v) is 4.11. The van der Waals surface area contributed by atoms with Gasteiger partial charge in [-0.15, -0.1) is 0 Å². The Morgan fingerprint density at radius 3 is 2.55 bits per heavy atom. The van der Waals surface area contributed by atoms with E-state index in [4.69, 9.17) is 5.73 Å². The smallest absolute Gasteiger partial charge is 0.129 e. The molecule has 1 aliphatic rings. The molecule has 20 heavy (non-hydrogen) atoms. The van der Waals surface area contributed by atoms with Crippen LogP contribution in [0, 0.1) is 11.6 Å². The Balaban J connectivity index is 2.12. The lowest BCUT2D eigenvalue weighted by Gasteiger charge is -2.32. The summed E-state index contributed by atoms with van der Waals surface area (Å²) in [6.07, 6.45) is 1.31. The summed E-state index contributed by atoms with van der Waals surface area (Å²) in [5.74, 6) is -1.02. The van der Waals surface area contributed by atoms with Gasteiger partial charge in [0.05, 0.1) is 0 Å². The van der Waals surface area contributed by atoms with Crippen molar-refractivity contribution in [1.29, 1.82) is 0 Å². The van der Waals surface area contributed by atoms with Gasteiger partial charge in [0.15, 0.2) is 0 Å². The van der Waals surface area contributed by atoms with Crippen LogP contribution in [0.1, 0.15) is 12.0 Å². The molecule has 2 N–H and O–H groups in total. The molecule has 5 heteroatoms. The summed E-state index contributed by atoms with van der Waals surface area (Å²) in [5.41, 5.74) is 6.34. The van der Waals surface area contributed by atoms with Gasteiger partial charge >= 0.3 is 0 Å². The van der Waals surface area contributed by atoms with Gasteiger partial charge in [0, 0.05) is 24.2 Å². The predicted octanol–water partition coefficient (Wildman–Crippen LogP) is 1.47. The summed E-state index contributed by atoms with van der Waals surface area (Å²) >= 11 is 0. The van der Waals surface area contributed by atoms with Crippen LogP contribution >= 0.6 is 0 Å². The van der Waals surface area contributed by atoms with Crippen LogP contribution in [0.25, 0.3) is 0 Å². The molecule has 0 radical (unpaired) electrons. The van der Waals surface area contributed by atoms with Crippen molar-refractivity contribution >= 4 is 0 Å². The first-order valence-corrected chi connectivity index (χ1v) is 7.06.